The zero-order chi connectivity index (χ0) is 13.1. The summed E-state index contributed by atoms with van der Waals surface area (Å²) in [4.78, 5) is 14.1. The maximum atomic E-state index is 10.6. The van der Waals surface area contributed by atoms with Gasteiger partial charge >= 0.3 is 0 Å². The molecule has 8 heteroatoms. The molecule has 0 radical (unpaired) electrons. The Bertz CT molecular complexity index is 583. The van der Waals surface area contributed by atoms with E-state index >= 15 is 0 Å². The van der Waals surface area contributed by atoms with Gasteiger partial charge in [-0.2, -0.15) is 5.10 Å². The molecule has 0 saturated heterocycles. The first-order valence-electron chi connectivity index (χ1n) is 5.11. The van der Waals surface area contributed by atoms with Gasteiger partial charge < -0.3 is 5.73 Å². The molecule has 94 valence electrons. The lowest BCUT2D eigenvalue weighted by Gasteiger charge is -2.06. The predicted octanol–water partition coefficient (Wildman–Crippen LogP) is 1.35. The monoisotopic (exact) mass is 267 g/mol. The number of nitrogens with two attached hydrogens (primary N) is 1. The Labute approximate surface area is 107 Å². The Balaban J connectivity index is 2.27. The van der Waals surface area contributed by atoms with Gasteiger partial charge in [-0.15, -0.1) is 0 Å². The first-order chi connectivity index (χ1) is 8.61. The average Bonchev–Trinajstić information content (AvgIpc) is 2.78. The molecule has 0 aliphatic heterocycles. The maximum absolute atomic E-state index is 10.6. The van der Waals surface area contributed by atoms with E-state index in [9.17, 15) is 10.1 Å². The molecule has 2 aromatic rings. The van der Waals surface area contributed by atoms with Crippen LogP contribution in [0.25, 0.3) is 0 Å². The largest absolute Gasteiger partial charge is 0.324 e. The summed E-state index contributed by atoms with van der Waals surface area (Å²) in [6.07, 6.45) is 1.40. The highest BCUT2D eigenvalue weighted by Crippen LogP contribution is 2.23. The molecule has 0 spiro atoms. The van der Waals surface area contributed by atoms with E-state index in [0.717, 1.165) is 5.56 Å². The number of benzene rings is 1. The Morgan fingerprint density at radius 2 is 2.28 bits per heavy atom. The Morgan fingerprint density at radius 1 is 1.50 bits per heavy atom. The van der Waals surface area contributed by atoms with Crippen LogP contribution in [0.15, 0.2) is 24.5 Å². The Kier molecular flexibility index (Phi) is 3.54. The van der Waals surface area contributed by atoms with Gasteiger partial charge in [0.05, 0.1) is 23.0 Å². The van der Waals surface area contributed by atoms with E-state index in [-0.39, 0.29) is 12.2 Å². The number of aromatic nitrogens is 3. The summed E-state index contributed by atoms with van der Waals surface area (Å²) >= 11 is 5.99. The summed E-state index contributed by atoms with van der Waals surface area (Å²) in [7, 11) is 0. The van der Waals surface area contributed by atoms with E-state index in [0.29, 0.717) is 17.4 Å². The first kappa shape index (κ1) is 12.5. The number of rotatable bonds is 4. The molecule has 1 aromatic carbocycles. The molecular formula is C10H10ClN5O2. The SMILES string of the molecule is NCc1ncnn1Cc1ccc([N+](=O)[O-])cc1Cl. The highest BCUT2D eigenvalue weighted by molar-refractivity contribution is 6.31. The zero-order valence-electron chi connectivity index (χ0n) is 9.28. The predicted molar refractivity (Wildman–Crippen MR) is 65.1 cm³/mol. The molecule has 0 unspecified atom stereocenters. The van der Waals surface area contributed by atoms with Crippen molar-refractivity contribution in [1.82, 2.24) is 14.8 Å². The molecule has 0 fully saturated rings. The number of nitrogens with zero attached hydrogens (tertiary/aromatic N) is 4. The van der Waals surface area contributed by atoms with Gasteiger partial charge in [0, 0.05) is 12.1 Å². The third-order valence-electron chi connectivity index (χ3n) is 2.45. The zero-order valence-corrected chi connectivity index (χ0v) is 10.0. The van der Waals surface area contributed by atoms with Crippen molar-refractivity contribution in [1.29, 1.82) is 0 Å². The second-order valence-electron chi connectivity index (χ2n) is 3.57. The number of nitro benzene ring substituents is 1. The third-order valence-corrected chi connectivity index (χ3v) is 2.80. The topological polar surface area (TPSA) is 99.9 Å². The van der Waals surface area contributed by atoms with Gasteiger partial charge in [-0.3, -0.25) is 10.1 Å². The van der Waals surface area contributed by atoms with Crippen LogP contribution in [-0.4, -0.2) is 19.7 Å². The normalized spacial score (nSPS) is 10.6. The van der Waals surface area contributed by atoms with Crippen LogP contribution in [0.1, 0.15) is 11.4 Å². The quantitative estimate of drug-likeness (QED) is 0.666. The lowest BCUT2D eigenvalue weighted by molar-refractivity contribution is -0.384. The molecule has 0 aliphatic carbocycles. The lowest BCUT2D eigenvalue weighted by Crippen LogP contribution is -2.11. The van der Waals surface area contributed by atoms with Crippen LogP contribution in [-0.2, 0) is 13.1 Å². The molecule has 7 nitrogen and oxygen atoms in total. The highest BCUT2D eigenvalue weighted by atomic mass is 35.5. The van der Waals surface area contributed by atoms with Gasteiger partial charge in [-0.1, -0.05) is 11.6 Å². The van der Waals surface area contributed by atoms with E-state index in [4.69, 9.17) is 17.3 Å². The second-order valence-corrected chi connectivity index (χ2v) is 3.98. The minimum Gasteiger partial charge on any atom is -0.324 e. The van der Waals surface area contributed by atoms with Crippen LogP contribution >= 0.6 is 11.6 Å². The number of hydrogen-bond acceptors (Lipinski definition) is 5. The van der Waals surface area contributed by atoms with E-state index in [1.165, 1.54) is 18.5 Å². The van der Waals surface area contributed by atoms with Crippen molar-refractivity contribution in [2.75, 3.05) is 0 Å². The van der Waals surface area contributed by atoms with E-state index < -0.39 is 4.92 Å². The van der Waals surface area contributed by atoms with Crippen molar-refractivity contribution in [2.24, 2.45) is 5.73 Å². The van der Waals surface area contributed by atoms with Gasteiger partial charge in [0.2, 0.25) is 0 Å². The van der Waals surface area contributed by atoms with Crippen LogP contribution in [0.3, 0.4) is 0 Å². The van der Waals surface area contributed by atoms with Crippen molar-refractivity contribution >= 4 is 17.3 Å². The van der Waals surface area contributed by atoms with Crippen LogP contribution in [0.4, 0.5) is 5.69 Å². The third kappa shape index (κ3) is 2.47. The fourth-order valence-electron chi connectivity index (χ4n) is 1.52. The number of hydrogen-bond donors (Lipinski definition) is 1. The summed E-state index contributed by atoms with van der Waals surface area (Å²) in [6.45, 7) is 0.647. The smallest absolute Gasteiger partial charge is 0.270 e. The van der Waals surface area contributed by atoms with Gasteiger partial charge in [-0.25, -0.2) is 9.67 Å². The molecule has 2 rings (SSSR count). The number of halogens is 1. The molecule has 18 heavy (non-hydrogen) atoms. The van der Waals surface area contributed by atoms with Crippen LogP contribution in [0.5, 0.6) is 0 Å². The average molecular weight is 268 g/mol. The fraction of sp³-hybridized carbons (Fsp3) is 0.200. The van der Waals surface area contributed by atoms with Crippen molar-refractivity contribution in [3.63, 3.8) is 0 Å². The molecule has 0 atom stereocenters. The molecule has 0 amide bonds. The minimum atomic E-state index is -0.490. The van der Waals surface area contributed by atoms with Crippen LogP contribution in [0.2, 0.25) is 5.02 Å². The van der Waals surface area contributed by atoms with E-state index in [2.05, 4.69) is 10.1 Å². The van der Waals surface area contributed by atoms with E-state index in [1.807, 2.05) is 0 Å². The summed E-state index contributed by atoms with van der Waals surface area (Å²) in [6, 6.07) is 4.32. The molecule has 0 aliphatic rings. The second kappa shape index (κ2) is 5.11. The van der Waals surface area contributed by atoms with E-state index in [1.54, 1.807) is 10.7 Å². The standard InChI is InChI=1S/C10H10ClN5O2/c11-9-3-8(16(17)18)2-1-7(9)5-15-10(4-12)13-6-14-15/h1-3,6H,4-5,12H2. The summed E-state index contributed by atoms with van der Waals surface area (Å²) in [5.41, 5.74) is 6.19. The fourth-order valence-corrected chi connectivity index (χ4v) is 1.75. The summed E-state index contributed by atoms with van der Waals surface area (Å²) in [5, 5.41) is 14.9. The van der Waals surface area contributed by atoms with Crippen LogP contribution < -0.4 is 5.73 Å². The van der Waals surface area contributed by atoms with Crippen molar-refractivity contribution in [2.45, 2.75) is 13.1 Å². The van der Waals surface area contributed by atoms with Crippen molar-refractivity contribution in [3.8, 4) is 0 Å². The van der Waals surface area contributed by atoms with Crippen molar-refractivity contribution < 1.29 is 4.92 Å². The first-order valence-corrected chi connectivity index (χ1v) is 5.49. The van der Waals surface area contributed by atoms with Crippen molar-refractivity contribution in [3.05, 3.63) is 51.1 Å². The Morgan fingerprint density at radius 3 is 2.89 bits per heavy atom. The lowest BCUT2D eigenvalue weighted by atomic mass is 10.2. The van der Waals surface area contributed by atoms with Gasteiger partial charge in [0.1, 0.15) is 12.2 Å². The number of nitro groups is 1. The number of non-ortho nitro benzene ring substituents is 1. The molecule has 0 saturated carbocycles. The summed E-state index contributed by atoms with van der Waals surface area (Å²) in [5.74, 6) is 0.629. The van der Waals surface area contributed by atoms with Gasteiger partial charge in [0.15, 0.2) is 0 Å². The molecular weight excluding hydrogens is 258 g/mol. The van der Waals surface area contributed by atoms with Gasteiger partial charge in [-0.05, 0) is 11.6 Å². The van der Waals surface area contributed by atoms with Crippen LogP contribution in [0, 0.1) is 10.1 Å². The molecule has 0 bridgehead atoms. The molecule has 2 N–H and O–H groups in total. The maximum Gasteiger partial charge on any atom is 0.270 e. The molecule has 1 heterocycles. The minimum absolute atomic E-state index is 0.0404. The van der Waals surface area contributed by atoms with Gasteiger partial charge in [0.25, 0.3) is 5.69 Å². The highest BCUT2D eigenvalue weighted by Gasteiger charge is 2.11. The molecule has 1 aromatic heterocycles. The summed E-state index contributed by atoms with van der Waals surface area (Å²) < 4.78 is 1.60. The Hall–Kier alpha value is -1.99.